The molecule has 0 bridgehead atoms. The number of nitrogens with two attached hydrogens (primary N) is 1. The summed E-state index contributed by atoms with van der Waals surface area (Å²) in [6.07, 6.45) is -1.91. The van der Waals surface area contributed by atoms with Gasteiger partial charge >= 0.3 is 23.2 Å². The lowest BCUT2D eigenvalue weighted by Crippen LogP contribution is -2.31. The minimum atomic E-state index is -5.57. The Morgan fingerprint density at radius 3 is 2.20 bits per heavy atom. The van der Waals surface area contributed by atoms with E-state index in [1.807, 2.05) is 30.3 Å². The third-order valence-electron chi connectivity index (χ3n) is 6.87. The highest BCUT2D eigenvalue weighted by Gasteiger charge is 2.54. The number of phosphoric acid groups is 2. The van der Waals surface area contributed by atoms with Gasteiger partial charge in [0.2, 0.25) is 0 Å². The summed E-state index contributed by atoms with van der Waals surface area (Å²) in [7, 11) is -15.7. The van der Waals surface area contributed by atoms with E-state index in [1.165, 1.54) is 24.8 Å². The van der Waals surface area contributed by atoms with E-state index < -0.39 is 66.8 Å². The number of fused-ring (bicyclic) bond motifs is 2. The van der Waals surface area contributed by atoms with E-state index in [-0.39, 0.29) is 5.82 Å². The second-order valence-electron chi connectivity index (χ2n) is 10.1. The van der Waals surface area contributed by atoms with Crippen LogP contribution in [0.1, 0.15) is 17.4 Å². The Kier molecular flexibility index (Phi) is 9.07. The maximum atomic E-state index is 12.7. The summed E-state index contributed by atoms with van der Waals surface area (Å²) in [5, 5.41) is 0. The highest BCUT2D eigenvalue weighted by molar-refractivity contribution is 7.68. The molecular formula is C25H28N5O12P3. The number of nitrogen functional groups attached to an aromatic ring is 1. The molecule has 2 saturated heterocycles. The molecule has 2 aliphatic rings. The van der Waals surface area contributed by atoms with Crippen molar-refractivity contribution in [3.05, 3.63) is 84.4 Å². The number of hydrogen-bond donors (Lipinski definition) is 4. The number of hydrogen-bond acceptors (Lipinski definition) is 13. The molecule has 0 radical (unpaired) electrons. The van der Waals surface area contributed by atoms with Crippen LogP contribution in [0.4, 0.5) is 5.82 Å². The van der Waals surface area contributed by atoms with Crippen molar-refractivity contribution in [2.45, 2.75) is 43.4 Å². The molecule has 0 spiro atoms. The Labute approximate surface area is 255 Å². The zero-order chi connectivity index (χ0) is 31.8. The van der Waals surface area contributed by atoms with E-state index in [1.54, 1.807) is 22.8 Å². The summed E-state index contributed by atoms with van der Waals surface area (Å²) < 4.78 is 71.2. The molecule has 5 unspecified atom stereocenters. The standard InChI is InChI=1S/C25H28N5O12P3/c26-23-20-24(28-14-27-23)30(15-29-20)25-22-21(39-19(40-22)11-16-7-3-1-4-8-16)18(38-25)12-37-44(33,34)42-45(35,36)41-43(31,32)13-17-9-5-2-6-10-17/h1-10,14-15,18-19,21-22,25H,11-13H2,(H,31,32)(H,33,34)(H,35,36)(H2,26,27,28)/t18-,19?,21+,22?,25-/m1/s1. The Hall–Kier alpha value is -2.88. The van der Waals surface area contributed by atoms with Crippen LogP contribution in [0.3, 0.4) is 0 Å². The van der Waals surface area contributed by atoms with E-state index in [0.717, 1.165) is 5.56 Å². The van der Waals surface area contributed by atoms with Crippen LogP contribution in [-0.2, 0) is 53.6 Å². The zero-order valence-corrected chi connectivity index (χ0v) is 25.8. The fourth-order valence-corrected chi connectivity index (χ4v) is 9.21. The van der Waals surface area contributed by atoms with Gasteiger partial charge in [0.15, 0.2) is 24.0 Å². The minimum absolute atomic E-state index is 0.143. The lowest BCUT2D eigenvalue weighted by atomic mass is 10.1. The number of ether oxygens (including phenoxy) is 3. The van der Waals surface area contributed by atoms with E-state index >= 15 is 0 Å². The van der Waals surface area contributed by atoms with Crippen molar-refractivity contribution >= 4 is 40.2 Å². The summed E-state index contributed by atoms with van der Waals surface area (Å²) in [6.45, 7) is -0.683. The second-order valence-corrected chi connectivity index (χ2v) is 15.2. The van der Waals surface area contributed by atoms with Gasteiger partial charge in [-0.1, -0.05) is 60.7 Å². The molecule has 240 valence electrons. The van der Waals surface area contributed by atoms with Gasteiger partial charge in [-0.3, -0.25) is 13.7 Å². The Morgan fingerprint density at radius 2 is 1.49 bits per heavy atom. The molecule has 2 fully saturated rings. The quantitative estimate of drug-likeness (QED) is 0.157. The molecule has 2 aliphatic heterocycles. The number of aromatic nitrogens is 4. The molecule has 8 atom stereocenters. The Bertz CT molecular complexity index is 1800. The average Bonchev–Trinajstić information content (AvgIpc) is 3.66. The summed E-state index contributed by atoms with van der Waals surface area (Å²) in [4.78, 5) is 42.8. The molecular weight excluding hydrogens is 655 g/mol. The van der Waals surface area contributed by atoms with Crippen LogP contribution in [0, 0.1) is 0 Å². The van der Waals surface area contributed by atoms with Gasteiger partial charge in [0.25, 0.3) is 0 Å². The third-order valence-corrected chi connectivity index (χ3v) is 11.6. The van der Waals surface area contributed by atoms with Gasteiger partial charge in [-0.25, -0.2) is 28.4 Å². The monoisotopic (exact) mass is 683 g/mol. The Morgan fingerprint density at radius 1 is 0.822 bits per heavy atom. The molecule has 0 amide bonds. The van der Waals surface area contributed by atoms with Gasteiger partial charge < -0.3 is 34.6 Å². The van der Waals surface area contributed by atoms with Crippen molar-refractivity contribution in [1.29, 1.82) is 0 Å². The molecule has 4 heterocycles. The van der Waals surface area contributed by atoms with Crippen LogP contribution in [0.2, 0.25) is 0 Å². The molecule has 17 nitrogen and oxygen atoms in total. The van der Waals surface area contributed by atoms with Crippen molar-refractivity contribution in [1.82, 2.24) is 19.5 Å². The SMILES string of the molecule is Nc1ncnc2c1ncn2[C@@H]1O[C@H](COP(=O)(O)OP(=O)(O)OP(=O)(O)Cc2ccccc2)[C@@H]2OC(Cc3ccccc3)OC21. The van der Waals surface area contributed by atoms with Crippen LogP contribution in [0.5, 0.6) is 0 Å². The normalized spacial score (nSPS) is 27.0. The van der Waals surface area contributed by atoms with Gasteiger partial charge in [-0.05, 0) is 11.1 Å². The minimum Gasteiger partial charge on any atom is -0.382 e. The summed E-state index contributed by atoms with van der Waals surface area (Å²) in [5.74, 6) is 0.143. The first-order chi connectivity index (χ1) is 21.4. The fourth-order valence-electron chi connectivity index (χ4n) is 5.06. The number of nitrogens with zero attached hydrogens (tertiary/aromatic N) is 4. The molecule has 4 aromatic rings. The van der Waals surface area contributed by atoms with Gasteiger partial charge in [-0.15, -0.1) is 0 Å². The molecule has 5 N–H and O–H groups in total. The van der Waals surface area contributed by atoms with Crippen molar-refractivity contribution in [2.75, 3.05) is 12.3 Å². The summed E-state index contributed by atoms with van der Waals surface area (Å²) in [5.41, 5.74) is 7.83. The number of phosphoric ester groups is 1. The van der Waals surface area contributed by atoms with E-state index in [0.29, 0.717) is 23.1 Å². The van der Waals surface area contributed by atoms with Crippen LogP contribution in [0.15, 0.2) is 73.3 Å². The molecule has 0 saturated carbocycles. The average molecular weight is 683 g/mol. The molecule has 0 aliphatic carbocycles. The first-order valence-corrected chi connectivity index (χ1v) is 18.2. The lowest BCUT2D eigenvalue weighted by Gasteiger charge is -2.22. The highest BCUT2D eigenvalue weighted by Crippen LogP contribution is 2.68. The van der Waals surface area contributed by atoms with Gasteiger partial charge in [0.05, 0.1) is 19.1 Å². The van der Waals surface area contributed by atoms with Gasteiger partial charge in [0, 0.05) is 6.42 Å². The predicted octanol–water partition coefficient (Wildman–Crippen LogP) is 3.29. The van der Waals surface area contributed by atoms with Crippen LogP contribution in [-0.4, -0.2) is 65.4 Å². The molecule has 2 aromatic carbocycles. The third kappa shape index (κ3) is 7.58. The van der Waals surface area contributed by atoms with Gasteiger partial charge in [0.1, 0.15) is 30.2 Å². The smallest absolute Gasteiger partial charge is 0.382 e. The van der Waals surface area contributed by atoms with Crippen molar-refractivity contribution < 1.29 is 55.7 Å². The summed E-state index contributed by atoms with van der Waals surface area (Å²) >= 11 is 0. The maximum Gasteiger partial charge on any atom is 0.488 e. The zero-order valence-electron chi connectivity index (χ0n) is 23.2. The van der Waals surface area contributed by atoms with E-state index in [4.69, 9.17) is 24.5 Å². The second kappa shape index (κ2) is 12.7. The first kappa shape index (κ1) is 32.1. The maximum absolute atomic E-state index is 12.7. The number of benzene rings is 2. The molecule has 20 heteroatoms. The fraction of sp³-hybridized carbons (Fsp3) is 0.320. The van der Waals surface area contributed by atoms with Crippen LogP contribution in [0.25, 0.3) is 11.2 Å². The molecule has 45 heavy (non-hydrogen) atoms. The van der Waals surface area contributed by atoms with Crippen molar-refractivity contribution in [3.8, 4) is 0 Å². The summed E-state index contributed by atoms with van der Waals surface area (Å²) in [6, 6.07) is 17.2. The van der Waals surface area contributed by atoms with E-state index in [9.17, 15) is 28.4 Å². The predicted molar refractivity (Wildman–Crippen MR) is 155 cm³/mol. The van der Waals surface area contributed by atoms with Crippen molar-refractivity contribution in [3.63, 3.8) is 0 Å². The Balaban J connectivity index is 1.16. The molecule has 2 aromatic heterocycles. The highest BCUT2D eigenvalue weighted by atomic mass is 31.3. The van der Waals surface area contributed by atoms with Gasteiger partial charge in [-0.2, -0.15) is 4.31 Å². The topological polar surface area (TPSA) is 237 Å². The first-order valence-electron chi connectivity index (χ1n) is 13.4. The van der Waals surface area contributed by atoms with Crippen LogP contribution < -0.4 is 5.73 Å². The molecule has 6 rings (SSSR count). The number of rotatable bonds is 12. The number of anilines is 1. The van der Waals surface area contributed by atoms with Crippen LogP contribution >= 0.6 is 23.2 Å². The number of imidazole rings is 1. The lowest BCUT2D eigenvalue weighted by molar-refractivity contribution is -0.149. The van der Waals surface area contributed by atoms with E-state index in [2.05, 4.69) is 23.6 Å². The van der Waals surface area contributed by atoms with Crippen molar-refractivity contribution in [2.24, 2.45) is 0 Å². The largest absolute Gasteiger partial charge is 0.488 e.